The van der Waals surface area contributed by atoms with Gasteiger partial charge >= 0.3 is 61.6 Å². The molecule has 2 aromatic carbocycles. The molecule has 0 N–H and O–H groups in total. The van der Waals surface area contributed by atoms with Gasteiger partial charge in [0.2, 0.25) is 0 Å². The fourth-order valence-electron chi connectivity index (χ4n) is 8.72. The first-order chi connectivity index (χ1) is 36.5. The first kappa shape index (κ1) is 74.4. The number of ether oxygens (including phenoxy) is 4. The molecule has 2 unspecified atom stereocenters. The Morgan fingerprint density at radius 2 is 0.532 bits per heavy atom. The smallest absolute Gasteiger partial charge is 0.745 e. The first-order valence-corrected chi connectivity index (χ1v) is 32.3. The number of hydrogen-bond donors (Lipinski definition) is 0. The molecule has 0 aliphatic heterocycles. The summed E-state index contributed by atoms with van der Waals surface area (Å²) in [5.41, 5.74) is -4.00. The van der Waals surface area contributed by atoms with E-state index in [1.54, 1.807) is 12.1 Å². The summed E-state index contributed by atoms with van der Waals surface area (Å²) in [6.07, 6.45) is 46.0. The van der Waals surface area contributed by atoms with Crippen LogP contribution in [0.5, 0.6) is 0 Å². The molecule has 77 heavy (non-hydrogen) atoms. The van der Waals surface area contributed by atoms with Crippen molar-refractivity contribution in [3.8, 4) is 0 Å². The topological polar surface area (TPSA) is 220 Å². The summed E-state index contributed by atoms with van der Waals surface area (Å²) >= 11 is 0. The van der Waals surface area contributed by atoms with Crippen molar-refractivity contribution in [1.29, 1.82) is 0 Å². The predicted octanol–water partition coefficient (Wildman–Crippen LogP) is 15.5. The summed E-state index contributed by atoms with van der Waals surface area (Å²) in [7, 11) is -9.58. The van der Waals surface area contributed by atoms with Crippen LogP contribution in [0.1, 0.15) is 300 Å². The summed E-state index contributed by atoms with van der Waals surface area (Å²) in [5.74, 6) is -3.47. The minimum absolute atomic E-state index is 0. The van der Waals surface area contributed by atoms with Crippen molar-refractivity contribution in [2.75, 3.05) is 13.2 Å². The quantitative estimate of drug-likeness (QED) is 0.0198. The average molecular weight is 1150 g/mol. The molecule has 0 saturated heterocycles. The molecule has 17 heteroatoms. The molecule has 2 aromatic rings. The molecule has 0 aliphatic rings. The van der Waals surface area contributed by atoms with E-state index in [1.807, 2.05) is 0 Å². The van der Waals surface area contributed by atoms with Crippen LogP contribution in [0, 0.1) is 0 Å². The molecule has 0 bridgehead atoms. The molecule has 0 amide bonds. The summed E-state index contributed by atoms with van der Waals surface area (Å²) in [6, 6.07) is 11.6. The van der Waals surface area contributed by atoms with E-state index in [0.29, 0.717) is 0 Å². The molecule has 0 fully saturated rings. The standard InChI is InChI=1S/2C30H50O7S.Ca/c2*1-3-4-5-6-7-8-9-10-11-12-13-14-15-16-17-18-19-22-25-36-29(31)27-23-20-21-24-28(27)30(32)37-26(2)38(33,34)35;/h2*20-21,23-24,26H,3-19,22,25H2,1-2H3,(H,33,34,35);/q;;+2/p-2. The van der Waals surface area contributed by atoms with Crippen LogP contribution in [0.25, 0.3) is 0 Å². The van der Waals surface area contributed by atoms with Crippen molar-refractivity contribution >= 4 is 81.9 Å². The van der Waals surface area contributed by atoms with E-state index >= 15 is 0 Å². The summed E-state index contributed by atoms with van der Waals surface area (Å²) in [5, 5.41) is 0. The van der Waals surface area contributed by atoms with Crippen LogP contribution >= 0.6 is 0 Å². The van der Waals surface area contributed by atoms with Gasteiger partial charge in [-0.25, -0.2) is 36.0 Å². The Hall–Kier alpha value is -2.60. The number of benzene rings is 2. The van der Waals surface area contributed by atoms with E-state index in [0.717, 1.165) is 52.4 Å². The maximum absolute atomic E-state index is 12.4. The molecule has 0 saturated carbocycles. The Morgan fingerprint density at radius 3 is 0.727 bits per heavy atom. The van der Waals surface area contributed by atoms with E-state index in [1.165, 1.54) is 229 Å². The number of rotatable bonds is 46. The fourth-order valence-corrected chi connectivity index (χ4v) is 9.13. The van der Waals surface area contributed by atoms with Crippen molar-refractivity contribution in [2.45, 2.75) is 270 Å². The SMILES string of the molecule is CCCCCCCCCCCCCCCCCCCCOC(=O)c1ccccc1C(=O)OC(C)S(=O)(=O)[O-].CCCCCCCCCCCCCCCCCCCCOC(=O)c1ccccc1C(=O)OC(C)S(=O)(=O)[O-].[Ca+2]. The molecule has 2 rings (SSSR count). The van der Waals surface area contributed by atoms with E-state index in [-0.39, 0.29) is 73.2 Å². The van der Waals surface area contributed by atoms with Gasteiger partial charge in [0, 0.05) is 0 Å². The van der Waals surface area contributed by atoms with Gasteiger partial charge in [-0.1, -0.05) is 256 Å². The Morgan fingerprint density at radius 1 is 0.351 bits per heavy atom. The number of carbonyl (C=O) groups is 4. The minimum Gasteiger partial charge on any atom is -0.745 e. The molecule has 2 atom stereocenters. The zero-order valence-corrected chi connectivity index (χ0v) is 51.7. The van der Waals surface area contributed by atoms with E-state index < -0.39 is 55.0 Å². The van der Waals surface area contributed by atoms with Crippen LogP contribution in [-0.4, -0.2) is 112 Å². The third-order valence-electron chi connectivity index (χ3n) is 13.6. The number of esters is 4. The van der Waals surface area contributed by atoms with Gasteiger partial charge in [0.1, 0.15) is 20.2 Å². The number of unbranched alkanes of at least 4 members (excludes halogenated alkanes) is 34. The molecular formula is C60H98CaO14S2. The van der Waals surface area contributed by atoms with Crippen molar-refractivity contribution < 1.29 is 64.1 Å². The van der Waals surface area contributed by atoms with Crippen molar-refractivity contribution in [1.82, 2.24) is 0 Å². The Balaban J connectivity index is 0.00000148. The van der Waals surface area contributed by atoms with Gasteiger partial charge < -0.3 is 28.1 Å². The van der Waals surface area contributed by atoms with Crippen LogP contribution in [0.3, 0.4) is 0 Å². The minimum atomic E-state index is -4.79. The molecule has 14 nitrogen and oxygen atoms in total. The molecule has 0 aromatic heterocycles. The van der Waals surface area contributed by atoms with Gasteiger partial charge in [-0.3, -0.25) is 0 Å². The second-order valence-electron chi connectivity index (χ2n) is 20.3. The molecule has 0 heterocycles. The van der Waals surface area contributed by atoms with Gasteiger partial charge in [0.25, 0.3) is 0 Å². The second-order valence-corrected chi connectivity index (χ2v) is 23.6. The molecule has 0 radical (unpaired) electrons. The second kappa shape index (κ2) is 48.1. The first-order valence-electron chi connectivity index (χ1n) is 29.4. The summed E-state index contributed by atoms with van der Waals surface area (Å²) in [6.45, 7) is 6.95. The van der Waals surface area contributed by atoms with Crippen molar-refractivity contribution in [2.24, 2.45) is 0 Å². The van der Waals surface area contributed by atoms with Gasteiger partial charge in [0.05, 0.1) is 35.5 Å². The van der Waals surface area contributed by atoms with Crippen LogP contribution in [-0.2, 0) is 39.2 Å². The van der Waals surface area contributed by atoms with Crippen molar-refractivity contribution in [3.05, 3.63) is 70.8 Å². The monoisotopic (exact) mass is 1150 g/mol. The van der Waals surface area contributed by atoms with Crippen LogP contribution in [0.2, 0.25) is 0 Å². The average Bonchev–Trinajstić information content (AvgIpc) is 3.39. The van der Waals surface area contributed by atoms with E-state index in [4.69, 9.17) is 9.47 Å². The predicted molar refractivity (Wildman–Crippen MR) is 306 cm³/mol. The van der Waals surface area contributed by atoms with Crippen LogP contribution < -0.4 is 0 Å². The third kappa shape index (κ3) is 39.4. The Labute approximate surface area is 495 Å². The largest absolute Gasteiger partial charge is 2.00 e. The van der Waals surface area contributed by atoms with Gasteiger partial charge in [-0.2, -0.15) is 0 Å². The van der Waals surface area contributed by atoms with Gasteiger partial charge in [-0.15, -0.1) is 0 Å². The zero-order chi connectivity index (χ0) is 56.1. The Bertz CT molecular complexity index is 1920. The summed E-state index contributed by atoms with van der Waals surface area (Å²) in [4.78, 5) is 49.3. The Kier molecular flexibility index (Phi) is 46.5. The van der Waals surface area contributed by atoms with Crippen LogP contribution in [0.4, 0.5) is 0 Å². The van der Waals surface area contributed by atoms with E-state index in [9.17, 15) is 45.1 Å². The molecule has 0 spiro atoms. The zero-order valence-electron chi connectivity index (χ0n) is 47.9. The molecule has 436 valence electrons. The maximum Gasteiger partial charge on any atom is 2.00 e. The van der Waals surface area contributed by atoms with E-state index in [2.05, 4.69) is 23.3 Å². The number of hydrogen-bond acceptors (Lipinski definition) is 14. The van der Waals surface area contributed by atoms with Gasteiger partial charge in [0.15, 0.2) is 10.9 Å². The number of carbonyl (C=O) groups excluding carboxylic acids is 4. The van der Waals surface area contributed by atoms with Gasteiger partial charge in [-0.05, 0) is 51.0 Å². The third-order valence-corrected chi connectivity index (χ3v) is 15.4. The molecular weight excluding hydrogens is 1050 g/mol. The molecule has 0 aliphatic carbocycles. The normalized spacial score (nSPS) is 12.1. The maximum atomic E-state index is 12.4. The fraction of sp³-hybridized carbons (Fsp3) is 0.733. The summed E-state index contributed by atoms with van der Waals surface area (Å²) < 4.78 is 85.9. The van der Waals surface area contributed by atoms with Crippen LogP contribution in [0.15, 0.2) is 48.5 Å². The van der Waals surface area contributed by atoms with Crippen molar-refractivity contribution in [3.63, 3.8) is 0 Å².